The van der Waals surface area contributed by atoms with Gasteiger partial charge in [0.05, 0.1) is 12.6 Å². The van der Waals surface area contributed by atoms with Crippen LogP contribution in [0.1, 0.15) is 25.7 Å². The number of terminal acetylenes is 1. The first-order valence-electron chi connectivity index (χ1n) is 9.13. The molecule has 1 N–H and O–H groups in total. The van der Waals surface area contributed by atoms with Gasteiger partial charge in [0.2, 0.25) is 5.91 Å². The van der Waals surface area contributed by atoms with Crippen molar-refractivity contribution in [1.29, 1.82) is 0 Å². The van der Waals surface area contributed by atoms with Gasteiger partial charge in [0.1, 0.15) is 5.82 Å². The Morgan fingerprint density at radius 2 is 2.04 bits per heavy atom. The van der Waals surface area contributed by atoms with Gasteiger partial charge in [-0.3, -0.25) is 9.69 Å². The Balaban J connectivity index is 1.48. The molecular formula is C20H26FN3O. The van der Waals surface area contributed by atoms with Crippen molar-refractivity contribution >= 4 is 11.6 Å². The Morgan fingerprint density at radius 3 is 2.80 bits per heavy atom. The number of amides is 1. The summed E-state index contributed by atoms with van der Waals surface area (Å²) in [5.41, 5.74) is 1.04. The molecule has 0 aromatic heterocycles. The highest BCUT2D eigenvalue weighted by Crippen LogP contribution is 2.24. The average Bonchev–Trinajstić information content (AvgIpc) is 3.10. The van der Waals surface area contributed by atoms with Crippen molar-refractivity contribution in [2.24, 2.45) is 5.92 Å². The Labute approximate surface area is 149 Å². The second-order valence-electron chi connectivity index (χ2n) is 7.01. The largest absolute Gasteiger partial charge is 0.371 e. The molecule has 2 aliphatic heterocycles. The third-order valence-corrected chi connectivity index (χ3v) is 5.25. The molecule has 2 saturated heterocycles. The highest BCUT2D eigenvalue weighted by atomic mass is 19.1. The fraction of sp³-hybridized carbons (Fsp3) is 0.550. The highest BCUT2D eigenvalue weighted by Gasteiger charge is 2.29. The first kappa shape index (κ1) is 17.8. The number of nitrogens with zero attached hydrogens (tertiary/aromatic N) is 2. The van der Waals surface area contributed by atoms with E-state index in [-0.39, 0.29) is 17.8 Å². The SMILES string of the molecule is C#CCN1CCCCC1C(=O)NCC1CCN(c2ccc(F)cc2)C1. The van der Waals surface area contributed by atoms with Crippen molar-refractivity contribution in [2.75, 3.05) is 37.6 Å². The summed E-state index contributed by atoms with van der Waals surface area (Å²) in [7, 11) is 0. The average molecular weight is 343 g/mol. The third-order valence-electron chi connectivity index (χ3n) is 5.25. The van der Waals surface area contributed by atoms with Gasteiger partial charge in [-0.15, -0.1) is 6.42 Å². The van der Waals surface area contributed by atoms with Crippen molar-refractivity contribution in [3.8, 4) is 12.3 Å². The Bertz CT molecular complexity index is 625. The normalized spacial score (nSPS) is 24.1. The van der Waals surface area contributed by atoms with Crippen LogP contribution in [-0.4, -0.2) is 49.6 Å². The Kier molecular flexibility index (Phi) is 5.93. The molecule has 3 rings (SSSR count). The molecule has 0 saturated carbocycles. The van der Waals surface area contributed by atoms with Gasteiger partial charge in [-0.1, -0.05) is 12.3 Å². The number of carbonyl (C=O) groups excluding carboxylic acids is 1. The van der Waals surface area contributed by atoms with E-state index in [0.717, 1.165) is 51.0 Å². The number of anilines is 1. The van der Waals surface area contributed by atoms with E-state index in [1.54, 1.807) is 0 Å². The van der Waals surface area contributed by atoms with E-state index in [2.05, 4.69) is 21.0 Å². The number of nitrogens with one attached hydrogen (secondary N) is 1. The van der Waals surface area contributed by atoms with E-state index in [9.17, 15) is 9.18 Å². The summed E-state index contributed by atoms with van der Waals surface area (Å²) in [5, 5.41) is 3.13. The summed E-state index contributed by atoms with van der Waals surface area (Å²) in [5.74, 6) is 2.98. The van der Waals surface area contributed by atoms with E-state index in [1.165, 1.54) is 12.1 Å². The highest BCUT2D eigenvalue weighted by molar-refractivity contribution is 5.81. The van der Waals surface area contributed by atoms with Crippen molar-refractivity contribution in [3.05, 3.63) is 30.1 Å². The molecule has 1 aromatic rings. The molecule has 1 amide bonds. The second kappa shape index (κ2) is 8.35. The molecule has 5 heteroatoms. The van der Waals surface area contributed by atoms with Crippen molar-refractivity contribution in [2.45, 2.75) is 31.7 Å². The zero-order valence-electron chi connectivity index (χ0n) is 14.6. The zero-order valence-corrected chi connectivity index (χ0v) is 14.6. The smallest absolute Gasteiger partial charge is 0.237 e. The molecule has 2 heterocycles. The lowest BCUT2D eigenvalue weighted by Crippen LogP contribution is -2.50. The zero-order chi connectivity index (χ0) is 17.6. The molecule has 2 aliphatic rings. The first-order valence-corrected chi connectivity index (χ1v) is 9.13. The lowest BCUT2D eigenvalue weighted by Gasteiger charge is -2.33. The minimum Gasteiger partial charge on any atom is -0.371 e. The number of hydrogen-bond acceptors (Lipinski definition) is 3. The minimum absolute atomic E-state index is 0.0839. The van der Waals surface area contributed by atoms with Crippen LogP contribution in [0.5, 0.6) is 0 Å². The summed E-state index contributed by atoms with van der Waals surface area (Å²) in [4.78, 5) is 16.9. The van der Waals surface area contributed by atoms with E-state index < -0.39 is 0 Å². The van der Waals surface area contributed by atoms with Crippen LogP contribution in [0, 0.1) is 24.1 Å². The third kappa shape index (κ3) is 4.52. The van der Waals surface area contributed by atoms with Crippen LogP contribution in [0.25, 0.3) is 0 Å². The molecule has 2 unspecified atom stereocenters. The Hall–Kier alpha value is -2.06. The summed E-state index contributed by atoms with van der Waals surface area (Å²) in [6.45, 7) is 3.98. The number of hydrogen-bond donors (Lipinski definition) is 1. The molecule has 2 atom stereocenters. The van der Waals surface area contributed by atoms with Gasteiger partial charge >= 0.3 is 0 Å². The van der Waals surface area contributed by atoms with Crippen LogP contribution < -0.4 is 10.2 Å². The standard InChI is InChI=1S/C20H26FN3O/c1-2-11-23-12-4-3-5-19(23)20(25)22-14-16-10-13-24(15-16)18-8-6-17(21)7-9-18/h1,6-9,16,19H,3-5,10-15H2,(H,22,25). The summed E-state index contributed by atoms with van der Waals surface area (Å²) in [6.07, 6.45) is 9.55. The molecule has 0 radical (unpaired) electrons. The lowest BCUT2D eigenvalue weighted by molar-refractivity contribution is -0.127. The predicted octanol–water partition coefficient (Wildman–Crippen LogP) is 2.26. The number of piperidine rings is 1. The molecule has 0 bridgehead atoms. The fourth-order valence-corrected chi connectivity index (χ4v) is 3.84. The molecule has 0 aliphatic carbocycles. The topological polar surface area (TPSA) is 35.6 Å². The number of halogens is 1. The number of carbonyl (C=O) groups is 1. The van der Waals surface area contributed by atoms with Gasteiger partial charge in [-0.2, -0.15) is 0 Å². The van der Waals surface area contributed by atoms with Gasteiger partial charge in [-0.05, 0) is 56.0 Å². The van der Waals surface area contributed by atoms with Gasteiger partial charge in [-0.25, -0.2) is 4.39 Å². The fourth-order valence-electron chi connectivity index (χ4n) is 3.84. The molecule has 1 aromatic carbocycles. The van der Waals surface area contributed by atoms with Crippen LogP contribution in [-0.2, 0) is 4.79 Å². The number of benzene rings is 1. The molecule has 0 spiro atoms. The van der Waals surface area contributed by atoms with E-state index in [1.807, 2.05) is 12.1 Å². The lowest BCUT2D eigenvalue weighted by atomic mass is 10.0. The number of likely N-dealkylation sites (tertiary alicyclic amines) is 1. The monoisotopic (exact) mass is 343 g/mol. The molecule has 134 valence electrons. The van der Waals surface area contributed by atoms with Crippen molar-refractivity contribution in [3.63, 3.8) is 0 Å². The van der Waals surface area contributed by atoms with E-state index >= 15 is 0 Å². The maximum absolute atomic E-state index is 13.0. The van der Waals surface area contributed by atoms with E-state index in [0.29, 0.717) is 19.0 Å². The van der Waals surface area contributed by atoms with Gasteiger partial charge in [0, 0.05) is 25.3 Å². The molecule has 2 fully saturated rings. The van der Waals surface area contributed by atoms with Gasteiger partial charge in [0.25, 0.3) is 0 Å². The number of rotatable bonds is 5. The van der Waals surface area contributed by atoms with E-state index in [4.69, 9.17) is 6.42 Å². The quantitative estimate of drug-likeness (QED) is 0.833. The second-order valence-corrected chi connectivity index (χ2v) is 7.01. The molecule has 25 heavy (non-hydrogen) atoms. The first-order chi connectivity index (χ1) is 12.2. The van der Waals surface area contributed by atoms with Crippen LogP contribution >= 0.6 is 0 Å². The van der Waals surface area contributed by atoms with Crippen molar-refractivity contribution < 1.29 is 9.18 Å². The van der Waals surface area contributed by atoms with Gasteiger partial charge < -0.3 is 10.2 Å². The summed E-state index contributed by atoms with van der Waals surface area (Å²) < 4.78 is 13.0. The molecule has 4 nitrogen and oxygen atoms in total. The summed E-state index contributed by atoms with van der Waals surface area (Å²) in [6, 6.07) is 6.53. The van der Waals surface area contributed by atoms with Crippen LogP contribution in [0.2, 0.25) is 0 Å². The predicted molar refractivity (Wildman–Crippen MR) is 97.8 cm³/mol. The van der Waals surface area contributed by atoms with Crippen LogP contribution in [0.3, 0.4) is 0 Å². The summed E-state index contributed by atoms with van der Waals surface area (Å²) >= 11 is 0. The van der Waals surface area contributed by atoms with Crippen LogP contribution in [0.4, 0.5) is 10.1 Å². The van der Waals surface area contributed by atoms with Gasteiger partial charge in [0.15, 0.2) is 0 Å². The minimum atomic E-state index is -0.212. The van der Waals surface area contributed by atoms with Crippen molar-refractivity contribution in [1.82, 2.24) is 10.2 Å². The Morgan fingerprint density at radius 1 is 1.24 bits per heavy atom. The molecular weight excluding hydrogens is 317 g/mol. The maximum atomic E-state index is 13.0. The maximum Gasteiger partial charge on any atom is 0.237 e. The van der Waals surface area contributed by atoms with Crippen LogP contribution in [0.15, 0.2) is 24.3 Å².